The van der Waals surface area contributed by atoms with Crippen LogP contribution in [0.15, 0.2) is 46.7 Å². The van der Waals surface area contributed by atoms with Gasteiger partial charge in [0.1, 0.15) is 16.5 Å². The molecule has 0 aromatic carbocycles. The van der Waals surface area contributed by atoms with Gasteiger partial charge in [-0.3, -0.25) is 4.98 Å². The molecule has 3 aromatic rings. The highest BCUT2D eigenvalue weighted by Gasteiger charge is 2.47. The molecule has 9 nitrogen and oxygen atoms in total. The summed E-state index contributed by atoms with van der Waals surface area (Å²) >= 11 is 8.16. The smallest absolute Gasteiger partial charge is 0.152 e. The van der Waals surface area contributed by atoms with E-state index < -0.39 is 5.60 Å². The average Bonchev–Trinajstić information content (AvgIpc) is 3.16. The summed E-state index contributed by atoms with van der Waals surface area (Å²) in [5.74, 6) is 1.61. The van der Waals surface area contributed by atoms with Crippen molar-refractivity contribution in [3.8, 4) is 0 Å². The van der Waals surface area contributed by atoms with E-state index in [0.717, 1.165) is 48.8 Å². The highest BCUT2D eigenvalue weighted by atomic mass is 35.5. The topological polar surface area (TPSA) is 125 Å². The maximum Gasteiger partial charge on any atom is 0.152 e. The molecular formula is C28H34ClN7O2S. The van der Waals surface area contributed by atoms with Gasteiger partial charge in [-0.05, 0) is 56.2 Å². The van der Waals surface area contributed by atoms with Crippen LogP contribution in [0.4, 0.5) is 11.6 Å². The van der Waals surface area contributed by atoms with Crippen molar-refractivity contribution >= 4 is 35.0 Å². The Morgan fingerprint density at radius 1 is 1.10 bits per heavy atom. The lowest BCUT2D eigenvalue weighted by Gasteiger charge is -2.46. The monoisotopic (exact) mass is 567 g/mol. The summed E-state index contributed by atoms with van der Waals surface area (Å²) in [6.45, 7) is 6.48. The number of hydrogen-bond acceptors (Lipinski definition) is 10. The Labute approximate surface area is 237 Å². The van der Waals surface area contributed by atoms with Crippen LogP contribution in [0.3, 0.4) is 0 Å². The first kappa shape index (κ1) is 26.7. The maximum atomic E-state index is 10.3. The van der Waals surface area contributed by atoms with Gasteiger partial charge in [0.15, 0.2) is 5.82 Å². The number of aromatic nitrogens is 4. The fourth-order valence-corrected chi connectivity index (χ4v) is 7.20. The Hall–Kier alpha value is -2.50. The lowest BCUT2D eigenvalue weighted by atomic mass is 9.73. The fourth-order valence-electron chi connectivity index (χ4n) is 6.05. The zero-order valence-corrected chi connectivity index (χ0v) is 23.8. The number of hydrogen-bond donors (Lipinski definition) is 3. The van der Waals surface area contributed by atoms with Crippen LogP contribution in [0.25, 0.3) is 0 Å². The number of rotatable bonds is 6. The number of aliphatic hydroxyl groups excluding tert-OH is 1. The third-order valence-corrected chi connectivity index (χ3v) is 10.1. The number of piperidine rings is 1. The Kier molecular flexibility index (Phi) is 6.96. The van der Waals surface area contributed by atoms with Gasteiger partial charge < -0.3 is 25.7 Å². The molecular weight excluding hydrogens is 534 g/mol. The minimum Gasteiger partial charge on any atom is -0.390 e. The van der Waals surface area contributed by atoms with E-state index in [-0.39, 0.29) is 24.0 Å². The van der Waals surface area contributed by atoms with E-state index in [1.54, 1.807) is 12.4 Å². The summed E-state index contributed by atoms with van der Waals surface area (Å²) in [6.07, 6.45) is 8.12. The molecule has 11 heteroatoms. The predicted molar refractivity (Wildman–Crippen MR) is 152 cm³/mol. The third kappa shape index (κ3) is 4.86. The van der Waals surface area contributed by atoms with E-state index >= 15 is 0 Å². The molecule has 0 unspecified atom stereocenters. The molecule has 2 saturated heterocycles. The second-order valence-electron chi connectivity index (χ2n) is 11.5. The zero-order chi connectivity index (χ0) is 27.4. The second kappa shape index (κ2) is 10.2. The van der Waals surface area contributed by atoms with Crippen molar-refractivity contribution in [2.24, 2.45) is 17.1 Å². The summed E-state index contributed by atoms with van der Waals surface area (Å²) in [7, 11) is 0. The summed E-state index contributed by atoms with van der Waals surface area (Å²) in [6, 6.07) is 5.93. The van der Waals surface area contributed by atoms with Crippen LogP contribution in [0, 0.1) is 11.3 Å². The first-order valence-electron chi connectivity index (χ1n) is 13.4. The molecule has 5 heterocycles. The molecule has 3 aromatic heterocycles. The number of aliphatic hydroxyl groups is 2. The lowest BCUT2D eigenvalue weighted by molar-refractivity contribution is 0.00438. The average molecular weight is 568 g/mol. The number of anilines is 2. The molecule has 39 heavy (non-hydrogen) atoms. The molecule has 6 rings (SSSR count). The van der Waals surface area contributed by atoms with Crippen molar-refractivity contribution in [2.75, 3.05) is 36.0 Å². The van der Waals surface area contributed by atoms with Crippen molar-refractivity contribution in [1.29, 1.82) is 0 Å². The standard InChI is InChI=1S/C28H34ClN7O2S/c1-27(2,38)17-14-36(15-17)26-23(29)21(5-9-32-26)39-22-13-33-25(20(16-37)34-22)35-10-6-28(7-11-35)12-19-18(24(28)30)4-3-8-31-19/h3-5,8-9,13,17,24,37-38H,6-7,10-12,14-16,30H2,1-2H3/t24-/m1/s1. The molecule has 0 saturated carbocycles. The van der Waals surface area contributed by atoms with Gasteiger partial charge in [-0.2, -0.15) is 0 Å². The molecule has 206 valence electrons. The molecule has 0 amide bonds. The van der Waals surface area contributed by atoms with Crippen molar-refractivity contribution in [3.63, 3.8) is 0 Å². The summed E-state index contributed by atoms with van der Waals surface area (Å²) in [4.78, 5) is 23.6. The number of nitrogens with zero attached hydrogens (tertiary/aromatic N) is 6. The van der Waals surface area contributed by atoms with Crippen LogP contribution >= 0.6 is 23.4 Å². The Bertz CT molecular complexity index is 1370. The van der Waals surface area contributed by atoms with Crippen molar-refractivity contribution in [3.05, 3.63) is 58.8 Å². The van der Waals surface area contributed by atoms with Gasteiger partial charge in [-0.25, -0.2) is 15.0 Å². The van der Waals surface area contributed by atoms with Crippen LogP contribution in [0.1, 0.15) is 49.7 Å². The summed E-state index contributed by atoms with van der Waals surface area (Å²) in [5, 5.41) is 21.6. The van der Waals surface area contributed by atoms with Gasteiger partial charge >= 0.3 is 0 Å². The van der Waals surface area contributed by atoms with E-state index in [1.165, 1.54) is 17.3 Å². The largest absolute Gasteiger partial charge is 0.390 e. The highest BCUT2D eigenvalue weighted by Crippen LogP contribution is 2.50. The zero-order valence-electron chi connectivity index (χ0n) is 22.2. The van der Waals surface area contributed by atoms with Crippen molar-refractivity contribution < 1.29 is 10.2 Å². The molecule has 2 aliphatic heterocycles. The van der Waals surface area contributed by atoms with Gasteiger partial charge in [0.2, 0.25) is 0 Å². The first-order chi connectivity index (χ1) is 18.7. The molecule has 0 radical (unpaired) electrons. The minimum absolute atomic E-state index is 0.00204. The second-order valence-corrected chi connectivity index (χ2v) is 12.9. The van der Waals surface area contributed by atoms with Crippen molar-refractivity contribution in [2.45, 2.75) is 61.3 Å². The lowest BCUT2D eigenvalue weighted by Crippen LogP contribution is -2.56. The Morgan fingerprint density at radius 2 is 1.87 bits per heavy atom. The van der Waals surface area contributed by atoms with Gasteiger partial charge in [-0.15, -0.1) is 0 Å². The quantitative estimate of drug-likeness (QED) is 0.407. The minimum atomic E-state index is -0.729. The molecule has 2 fully saturated rings. The highest BCUT2D eigenvalue weighted by molar-refractivity contribution is 7.99. The SMILES string of the molecule is CC(C)(O)C1CN(c2nccc(Sc3cnc(N4CCC5(CC4)Cc4ncccc4[C@H]5N)c(CO)n3)c2Cl)C1. The van der Waals surface area contributed by atoms with Crippen LogP contribution in [0.2, 0.25) is 5.02 Å². The number of halogens is 1. The fraction of sp³-hybridized carbons (Fsp3) is 0.500. The van der Waals surface area contributed by atoms with Crippen LogP contribution < -0.4 is 15.5 Å². The Morgan fingerprint density at radius 3 is 2.56 bits per heavy atom. The van der Waals surface area contributed by atoms with Crippen molar-refractivity contribution in [1.82, 2.24) is 19.9 Å². The molecule has 1 atom stereocenters. The maximum absolute atomic E-state index is 10.3. The molecule has 1 spiro atoms. The summed E-state index contributed by atoms with van der Waals surface area (Å²) in [5.41, 5.74) is 8.86. The summed E-state index contributed by atoms with van der Waals surface area (Å²) < 4.78 is 0. The molecule has 4 N–H and O–H groups in total. The first-order valence-corrected chi connectivity index (χ1v) is 14.6. The predicted octanol–water partition coefficient (Wildman–Crippen LogP) is 3.61. The van der Waals surface area contributed by atoms with Crippen LogP contribution in [-0.2, 0) is 13.0 Å². The van der Waals surface area contributed by atoms with Gasteiger partial charge in [0, 0.05) is 61.1 Å². The molecule has 1 aliphatic carbocycles. The van der Waals surface area contributed by atoms with Crippen LogP contribution in [0.5, 0.6) is 0 Å². The van der Waals surface area contributed by atoms with E-state index in [2.05, 4.69) is 25.8 Å². The van der Waals surface area contributed by atoms with E-state index in [1.807, 2.05) is 32.2 Å². The number of fused-ring (bicyclic) bond motifs is 1. The Balaban J connectivity index is 1.14. The normalized spacial score (nSPS) is 20.8. The van der Waals surface area contributed by atoms with Crippen LogP contribution in [-0.4, -0.2) is 61.9 Å². The third-order valence-electron chi connectivity index (χ3n) is 8.68. The van der Waals surface area contributed by atoms with Gasteiger partial charge in [0.05, 0.1) is 23.4 Å². The number of pyridine rings is 2. The van der Waals surface area contributed by atoms with Gasteiger partial charge in [0.25, 0.3) is 0 Å². The van der Waals surface area contributed by atoms with Gasteiger partial charge in [-0.1, -0.05) is 29.4 Å². The number of nitrogens with two attached hydrogens (primary N) is 1. The molecule has 0 bridgehead atoms. The van der Waals surface area contributed by atoms with E-state index in [0.29, 0.717) is 34.6 Å². The van der Waals surface area contributed by atoms with E-state index in [4.69, 9.17) is 27.3 Å². The van der Waals surface area contributed by atoms with E-state index in [9.17, 15) is 10.2 Å². The molecule has 3 aliphatic rings.